The summed E-state index contributed by atoms with van der Waals surface area (Å²) in [5.41, 5.74) is 0. The van der Waals surface area contributed by atoms with Crippen molar-refractivity contribution in [2.45, 2.75) is 0 Å². The molecule has 0 saturated heterocycles. The van der Waals surface area contributed by atoms with E-state index in [9.17, 15) is 4.79 Å². The number of hydrogen-bond donors (Lipinski definition) is 0. The van der Waals surface area contributed by atoms with Crippen molar-refractivity contribution in [2.75, 3.05) is 6.61 Å². The van der Waals surface area contributed by atoms with Gasteiger partial charge in [0, 0.05) is 0 Å². The Balaban J connectivity index is 2.42. The molecule has 0 spiro atoms. The second-order valence-corrected chi connectivity index (χ2v) is 1.51. The largest absolute Gasteiger partial charge is 0.346 e. The molecule has 0 aromatic heterocycles. The minimum atomic E-state index is -0.122. The van der Waals surface area contributed by atoms with Crippen molar-refractivity contribution in [3.63, 3.8) is 0 Å². The van der Waals surface area contributed by atoms with Crippen LogP contribution in [0.2, 0.25) is 0 Å². The van der Waals surface area contributed by atoms with Crippen LogP contribution in [-0.4, -0.2) is 12.9 Å². The van der Waals surface area contributed by atoms with Gasteiger partial charge in [-0.3, -0.25) is 0 Å². The van der Waals surface area contributed by atoms with E-state index in [-0.39, 0.29) is 5.92 Å². The van der Waals surface area contributed by atoms with Gasteiger partial charge in [-0.1, -0.05) is 0 Å². The molecule has 1 atom stereocenters. The average Bonchev–Trinajstić information content (AvgIpc) is 1.90. The normalized spacial score (nSPS) is 26.8. The van der Waals surface area contributed by atoms with Gasteiger partial charge in [0.2, 0.25) is 0 Å². The van der Waals surface area contributed by atoms with E-state index in [4.69, 9.17) is 0 Å². The molecule has 1 rings (SSSR count). The van der Waals surface area contributed by atoms with Crippen molar-refractivity contribution in [3.05, 3.63) is 12.3 Å². The molecular weight excluding hydrogens is 108 g/mol. The maximum absolute atomic E-state index is 9.97. The molecule has 0 saturated carbocycles. The minimum absolute atomic E-state index is 0.122. The zero-order chi connectivity index (χ0) is 5.82. The molecule has 1 heterocycles. The molecule has 8 heavy (non-hydrogen) atoms. The topological polar surface area (TPSA) is 35.5 Å². The fourth-order valence-corrected chi connectivity index (χ4v) is 0.430. The number of aldehydes is 1. The third-order valence-corrected chi connectivity index (χ3v) is 0.885. The Kier molecular flexibility index (Phi) is 1.64. The van der Waals surface area contributed by atoms with Gasteiger partial charge in [0.25, 0.3) is 0 Å². The van der Waals surface area contributed by atoms with Crippen LogP contribution < -0.4 is 0 Å². The quantitative estimate of drug-likeness (QED) is 0.362. The van der Waals surface area contributed by atoms with Crippen LogP contribution in [0.3, 0.4) is 0 Å². The van der Waals surface area contributed by atoms with Crippen LogP contribution in [0, 0.1) is 5.92 Å². The Labute approximate surface area is 46.8 Å². The monoisotopic (exact) mass is 114 g/mol. The average molecular weight is 114 g/mol. The van der Waals surface area contributed by atoms with Crippen LogP contribution in [0.5, 0.6) is 0 Å². The molecule has 1 aliphatic heterocycles. The van der Waals surface area contributed by atoms with Crippen LogP contribution in [0.15, 0.2) is 12.3 Å². The first-order valence-corrected chi connectivity index (χ1v) is 2.33. The lowest BCUT2D eigenvalue weighted by atomic mass is 10.2. The van der Waals surface area contributed by atoms with Gasteiger partial charge in [0.15, 0.2) is 0 Å². The maximum Gasteiger partial charge on any atom is 0.129 e. The first-order valence-electron chi connectivity index (χ1n) is 2.33. The maximum atomic E-state index is 9.97. The third kappa shape index (κ3) is 1.07. The van der Waals surface area contributed by atoms with Crippen molar-refractivity contribution < 1.29 is 14.6 Å². The molecule has 3 nitrogen and oxygen atoms in total. The van der Waals surface area contributed by atoms with E-state index in [2.05, 4.69) is 9.78 Å². The Hall–Kier alpha value is -0.830. The van der Waals surface area contributed by atoms with Gasteiger partial charge in [0.1, 0.15) is 19.2 Å². The number of rotatable bonds is 1. The second-order valence-electron chi connectivity index (χ2n) is 1.51. The van der Waals surface area contributed by atoms with Gasteiger partial charge in [-0.05, 0) is 6.08 Å². The molecule has 1 aliphatic rings. The minimum Gasteiger partial charge on any atom is -0.346 e. The van der Waals surface area contributed by atoms with Crippen LogP contribution >= 0.6 is 0 Å². The van der Waals surface area contributed by atoms with Crippen molar-refractivity contribution in [1.29, 1.82) is 0 Å². The molecule has 0 aliphatic carbocycles. The smallest absolute Gasteiger partial charge is 0.129 e. The summed E-state index contributed by atoms with van der Waals surface area (Å²) < 4.78 is 0. The Morgan fingerprint density at radius 2 is 2.62 bits per heavy atom. The predicted molar refractivity (Wildman–Crippen MR) is 25.7 cm³/mol. The van der Waals surface area contributed by atoms with E-state index in [0.29, 0.717) is 6.61 Å². The summed E-state index contributed by atoms with van der Waals surface area (Å²) >= 11 is 0. The third-order valence-electron chi connectivity index (χ3n) is 0.885. The lowest BCUT2D eigenvalue weighted by Crippen LogP contribution is -2.11. The van der Waals surface area contributed by atoms with Gasteiger partial charge in [-0.2, -0.15) is 4.89 Å². The summed E-state index contributed by atoms with van der Waals surface area (Å²) in [6, 6.07) is 0. The summed E-state index contributed by atoms with van der Waals surface area (Å²) in [6.45, 7) is 0.333. The first-order chi connectivity index (χ1) is 3.93. The molecular formula is C5H6O3. The van der Waals surface area contributed by atoms with E-state index in [0.717, 1.165) is 6.29 Å². The van der Waals surface area contributed by atoms with Gasteiger partial charge >= 0.3 is 0 Å². The van der Waals surface area contributed by atoms with Gasteiger partial charge in [-0.15, -0.1) is 0 Å². The molecule has 0 aromatic rings. The van der Waals surface area contributed by atoms with Crippen LogP contribution in [0.1, 0.15) is 0 Å². The highest BCUT2D eigenvalue weighted by molar-refractivity contribution is 5.56. The summed E-state index contributed by atoms with van der Waals surface area (Å²) in [4.78, 5) is 18.8. The molecule has 44 valence electrons. The summed E-state index contributed by atoms with van der Waals surface area (Å²) in [6.07, 6.45) is 3.83. The lowest BCUT2D eigenvalue weighted by Gasteiger charge is -2.08. The highest BCUT2D eigenvalue weighted by Gasteiger charge is 2.06. The summed E-state index contributed by atoms with van der Waals surface area (Å²) in [7, 11) is 0. The van der Waals surface area contributed by atoms with Crippen molar-refractivity contribution in [1.82, 2.24) is 0 Å². The van der Waals surface area contributed by atoms with Crippen molar-refractivity contribution >= 4 is 6.29 Å². The molecule has 1 unspecified atom stereocenters. The van der Waals surface area contributed by atoms with Gasteiger partial charge < -0.3 is 9.68 Å². The summed E-state index contributed by atoms with van der Waals surface area (Å²) in [5.74, 6) is -0.122. The highest BCUT2D eigenvalue weighted by atomic mass is 17.2. The first kappa shape index (κ1) is 5.31. The van der Waals surface area contributed by atoms with Crippen LogP contribution in [0.25, 0.3) is 0 Å². The predicted octanol–water partition coefficient (Wildman–Crippen LogP) is 0.277. The van der Waals surface area contributed by atoms with E-state index < -0.39 is 0 Å². The van der Waals surface area contributed by atoms with Crippen LogP contribution in [-0.2, 0) is 14.6 Å². The van der Waals surface area contributed by atoms with E-state index in [1.165, 1.54) is 6.26 Å². The molecule has 0 aromatic carbocycles. The number of hydrogen-bond acceptors (Lipinski definition) is 3. The zero-order valence-corrected chi connectivity index (χ0v) is 4.24. The summed E-state index contributed by atoms with van der Waals surface area (Å²) in [5, 5.41) is 0. The Morgan fingerprint density at radius 1 is 1.75 bits per heavy atom. The molecule has 0 fully saturated rings. The molecule has 0 N–H and O–H groups in total. The molecule has 0 bridgehead atoms. The number of carbonyl (C=O) groups is 1. The van der Waals surface area contributed by atoms with Gasteiger partial charge in [-0.25, -0.2) is 0 Å². The molecule has 0 radical (unpaired) electrons. The fraction of sp³-hybridized carbons (Fsp3) is 0.400. The fourth-order valence-electron chi connectivity index (χ4n) is 0.430. The highest BCUT2D eigenvalue weighted by Crippen LogP contribution is 2.02. The Bertz CT molecular complexity index is 108. The van der Waals surface area contributed by atoms with E-state index >= 15 is 0 Å². The van der Waals surface area contributed by atoms with Gasteiger partial charge in [0.05, 0.1) is 5.92 Å². The van der Waals surface area contributed by atoms with E-state index in [1.54, 1.807) is 6.08 Å². The zero-order valence-electron chi connectivity index (χ0n) is 4.24. The van der Waals surface area contributed by atoms with E-state index in [1.807, 2.05) is 0 Å². The Morgan fingerprint density at radius 3 is 3.00 bits per heavy atom. The van der Waals surface area contributed by atoms with Crippen molar-refractivity contribution in [3.8, 4) is 0 Å². The second kappa shape index (κ2) is 2.47. The molecule has 3 heteroatoms. The SMILES string of the molecule is O=CC1C=COOC1. The molecule has 0 amide bonds. The van der Waals surface area contributed by atoms with Crippen molar-refractivity contribution in [2.24, 2.45) is 5.92 Å². The van der Waals surface area contributed by atoms with Crippen LogP contribution in [0.4, 0.5) is 0 Å². The lowest BCUT2D eigenvalue weighted by molar-refractivity contribution is -0.260. The standard InChI is InChI=1S/C5H6O3/c6-3-5-1-2-7-8-4-5/h1-3,5H,4H2. The number of carbonyl (C=O) groups excluding carboxylic acids is 1.